The van der Waals surface area contributed by atoms with Crippen molar-refractivity contribution in [2.75, 3.05) is 24.6 Å². The SMILES string of the molecule is NC(=O)OC1CCCN(c2cccc(OCC(F)(F)F)n2)C1. The average Bonchev–Trinajstić information content (AvgIpc) is 2.44. The molecular formula is C13H16F3N3O3. The number of carbonyl (C=O) groups is 1. The number of aromatic nitrogens is 1. The maximum Gasteiger partial charge on any atom is 0.422 e. The fourth-order valence-corrected chi connectivity index (χ4v) is 2.22. The number of primary amides is 1. The van der Waals surface area contributed by atoms with Crippen molar-refractivity contribution >= 4 is 11.9 Å². The van der Waals surface area contributed by atoms with Crippen LogP contribution in [0.3, 0.4) is 0 Å². The fraction of sp³-hybridized carbons (Fsp3) is 0.538. The van der Waals surface area contributed by atoms with Gasteiger partial charge in [-0.05, 0) is 18.9 Å². The summed E-state index contributed by atoms with van der Waals surface area (Å²) in [5, 5.41) is 0. The third-order valence-corrected chi connectivity index (χ3v) is 3.08. The first-order valence-corrected chi connectivity index (χ1v) is 6.71. The minimum Gasteiger partial charge on any atom is -0.468 e. The van der Waals surface area contributed by atoms with Crippen molar-refractivity contribution < 1.29 is 27.4 Å². The van der Waals surface area contributed by atoms with Crippen LogP contribution in [0.5, 0.6) is 5.88 Å². The van der Waals surface area contributed by atoms with E-state index in [4.69, 9.17) is 10.5 Å². The number of carbonyl (C=O) groups excluding carboxylic acids is 1. The van der Waals surface area contributed by atoms with E-state index < -0.39 is 18.9 Å². The lowest BCUT2D eigenvalue weighted by Gasteiger charge is -2.32. The Hall–Kier alpha value is -2.19. The van der Waals surface area contributed by atoms with Gasteiger partial charge >= 0.3 is 12.3 Å². The maximum atomic E-state index is 12.1. The standard InChI is InChI=1S/C13H16F3N3O3/c14-13(15,16)8-21-11-5-1-4-10(18-11)19-6-2-3-9(7-19)22-12(17)20/h1,4-5,9H,2-3,6-8H2,(H2,17,20). The smallest absolute Gasteiger partial charge is 0.422 e. The van der Waals surface area contributed by atoms with Crippen molar-refractivity contribution in [1.29, 1.82) is 0 Å². The molecule has 1 atom stereocenters. The van der Waals surface area contributed by atoms with E-state index in [2.05, 4.69) is 9.72 Å². The van der Waals surface area contributed by atoms with Gasteiger partial charge in [0.25, 0.3) is 0 Å². The lowest BCUT2D eigenvalue weighted by Crippen LogP contribution is -2.41. The van der Waals surface area contributed by atoms with Crippen LogP contribution in [0, 0.1) is 0 Å². The molecule has 1 fully saturated rings. The average molecular weight is 319 g/mol. The molecule has 1 aromatic heterocycles. The Bertz CT molecular complexity index is 525. The molecule has 0 bridgehead atoms. The summed E-state index contributed by atoms with van der Waals surface area (Å²) in [5.74, 6) is 0.366. The number of rotatable bonds is 4. The fourth-order valence-electron chi connectivity index (χ4n) is 2.22. The van der Waals surface area contributed by atoms with E-state index in [1.165, 1.54) is 6.07 Å². The van der Waals surface area contributed by atoms with E-state index in [0.29, 0.717) is 25.3 Å². The van der Waals surface area contributed by atoms with E-state index >= 15 is 0 Å². The van der Waals surface area contributed by atoms with Crippen LogP contribution in [0.2, 0.25) is 0 Å². The number of nitrogens with two attached hydrogens (primary N) is 1. The molecule has 9 heteroatoms. The Morgan fingerprint density at radius 1 is 1.45 bits per heavy atom. The van der Waals surface area contributed by atoms with Gasteiger partial charge in [-0.3, -0.25) is 0 Å². The lowest BCUT2D eigenvalue weighted by molar-refractivity contribution is -0.154. The molecule has 1 aliphatic heterocycles. The van der Waals surface area contributed by atoms with Crippen molar-refractivity contribution in [3.63, 3.8) is 0 Å². The summed E-state index contributed by atoms with van der Waals surface area (Å²) >= 11 is 0. The zero-order valence-electron chi connectivity index (χ0n) is 11.7. The number of ether oxygens (including phenoxy) is 2. The van der Waals surface area contributed by atoms with Crippen molar-refractivity contribution in [1.82, 2.24) is 4.98 Å². The molecule has 1 saturated heterocycles. The Balaban J connectivity index is 2.00. The molecular weight excluding hydrogens is 303 g/mol. The van der Waals surface area contributed by atoms with Crippen LogP contribution in [0.25, 0.3) is 0 Å². The molecule has 6 nitrogen and oxygen atoms in total. The molecule has 22 heavy (non-hydrogen) atoms. The first-order valence-electron chi connectivity index (χ1n) is 6.71. The number of nitrogens with zero attached hydrogens (tertiary/aromatic N) is 2. The quantitative estimate of drug-likeness (QED) is 0.919. The van der Waals surface area contributed by atoms with Gasteiger partial charge in [0.15, 0.2) is 6.61 Å². The van der Waals surface area contributed by atoms with Gasteiger partial charge < -0.3 is 20.1 Å². The molecule has 0 aliphatic carbocycles. The summed E-state index contributed by atoms with van der Waals surface area (Å²) in [4.78, 5) is 16.6. The van der Waals surface area contributed by atoms with Gasteiger partial charge in [-0.25, -0.2) is 4.79 Å². The molecule has 1 aromatic rings. The molecule has 1 amide bonds. The van der Waals surface area contributed by atoms with Crippen LogP contribution in [0.4, 0.5) is 23.8 Å². The van der Waals surface area contributed by atoms with Gasteiger partial charge in [0.05, 0.1) is 6.54 Å². The van der Waals surface area contributed by atoms with Crippen LogP contribution in [-0.4, -0.2) is 43.1 Å². The summed E-state index contributed by atoms with van der Waals surface area (Å²) in [7, 11) is 0. The largest absolute Gasteiger partial charge is 0.468 e. The number of halogens is 3. The zero-order chi connectivity index (χ0) is 16.2. The summed E-state index contributed by atoms with van der Waals surface area (Å²) in [6.07, 6.45) is -4.17. The predicted octanol–water partition coefficient (Wildman–Crippen LogP) is 2.09. The normalized spacial score (nSPS) is 18.9. The second-order valence-corrected chi connectivity index (χ2v) is 4.89. The van der Waals surface area contributed by atoms with Crippen LogP contribution >= 0.6 is 0 Å². The molecule has 2 heterocycles. The number of anilines is 1. The molecule has 0 aromatic carbocycles. The lowest BCUT2D eigenvalue weighted by atomic mass is 10.1. The first-order chi connectivity index (χ1) is 10.3. The van der Waals surface area contributed by atoms with Crippen molar-refractivity contribution in [2.45, 2.75) is 25.1 Å². The Morgan fingerprint density at radius 2 is 2.23 bits per heavy atom. The Morgan fingerprint density at radius 3 is 2.91 bits per heavy atom. The first kappa shape index (κ1) is 16.2. The van der Waals surface area contributed by atoms with Gasteiger partial charge in [0.1, 0.15) is 11.9 Å². The minimum atomic E-state index is -4.41. The number of piperidine rings is 1. The highest BCUT2D eigenvalue weighted by Gasteiger charge is 2.29. The maximum absolute atomic E-state index is 12.1. The van der Waals surface area contributed by atoms with E-state index in [1.54, 1.807) is 12.1 Å². The highest BCUT2D eigenvalue weighted by molar-refractivity contribution is 5.64. The van der Waals surface area contributed by atoms with Crippen molar-refractivity contribution in [3.8, 4) is 5.88 Å². The Kier molecular flexibility index (Phi) is 4.94. The van der Waals surface area contributed by atoms with Gasteiger partial charge in [-0.2, -0.15) is 18.2 Å². The van der Waals surface area contributed by atoms with Crippen LogP contribution < -0.4 is 15.4 Å². The highest BCUT2D eigenvalue weighted by atomic mass is 19.4. The van der Waals surface area contributed by atoms with Crippen molar-refractivity contribution in [3.05, 3.63) is 18.2 Å². The third-order valence-electron chi connectivity index (χ3n) is 3.08. The van der Waals surface area contributed by atoms with E-state index in [0.717, 1.165) is 6.42 Å². The number of pyridine rings is 1. The van der Waals surface area contributed by atoms with E-state index in [-0.39, 0.29) is 12.0 Å². The van der Waals surface area contributed by atoms with Crippen molar-refractivity contribution in [2.24, 2.45) is 5.73 Å². The second-order valence-electron chi connectivity index (χ2n) is 4.89. The molecule has 1 aliphatic rings. The van der Waals surface area contributed by atoms with E-state index in [1.807, 2.05) is 4.90 Å². The zero-order valence-corrected chi connectivity index (χ0v) is 11.7. The number of amides is 1. The topological polar surface area (TPSA) is 77.7 Å². The van der Waals surface area contributed by atoms with Gasteiger partial charge in [-0.15, -0.1) is 0 Å². The van der Waals surface area contributed by atoms with Crippen LogP contribution in [0.15, 0.2) is 18.2 Å². The van der Waals surface area contributed by atoms with Gasteiger partial charge in [0, 0.05) is 12.6 Å². The number of hydrogen-bond donors (Lipinski definition) is 1. The number of hydrogen-bond acceptors (Lipinski definition) is 5. The minimum absolute atomic E-state index is 0.104. The molecule has 2 rings (SSSR count). The van der Waals surface area contributed by atoms with E-state index in [9.17, 15) is 18.0 Å². The highest BCUT2D eigenvalue weighted by Crippen LogP contribution is 2.23. The Labute approximate surface area is 125 Å². The van der Waals surface area contributed by atoms with Crippen LogP contribution in [-0.2, 0) is 4.74 Å². The predicted molar refractivity (Wildman–Crippen MR) is 71.7 cm³/mol. The molecule has 0 spiro atoms. The number of alkyl halides is 3. The molecule has 0 radical (unpaired) electrons. The molecule has 1 unspecified atom stereocenters. The summed E-state index contributed by atoms with van der Waals surface area (Å²) in [5.41, 5.74) is 4.99. The van der Waals surface area contributed by atoms with Crippen LogP contribution in [0.1, 0.15) is 12.8 Å². The summed E-state index contributed by atoms with van der Waals surface area (Å²) in [6.45, 7) is -0.343. The summed E-state index contributed by atoms with van der Waals surface area (Å²) in [6, 6.07) is 4.58. The summed E-state index contributed by atoms with van der Waals surface area (Å²) < 4.78 is 46.0. The molecule has 2 N–H and O–H groups in total. The molecule has 122 valence electrons. The van der Waals surface area contributed by atoms with Gasteiger partial charge in [-0.1, -0.05) is 6.07 Å². The van der Waals surface area contributed by atoms with Gasteiger partial charge in [0.2, 0.25) is 5.88 Å². The monoisotopic (exact) mass is 319 g/mol. The molecule has 0 saturated carbocycles. The third kappa shape index (κ3) is 4.97. The second kappa shape index (κ2) is 6.71.